The summed E-state index contributed by atoms with van der Waals surface area (Å²) in [5.41, 5.74) is 3.52. The van der Waals surface area contributed by atoms with Crippen molar-refractivity contribution in [3.05, 3.63) is 63.8 Å². The highest BCUT2D eigenvalue weighted by molar-refractivity contribution is 6.33. The van der Waals surface area contributed by atoms with Crippen LogP contribution in [0.1, 0.15) is 37.3 Å². The number of nitrogens with one attached hydrogen (secondary N) is 3. The molecule has 3 amide bonds. The predicted molar refractivity (Wildman–Crippen MR) is 225 cm³/mol. The van der Waals surface area contributed by atoms with Gasteiger partial charge in [0.2, 0.25) is 17.8 Å². The van der Waals surface area contributed by atoms with Gasteiger partial charge in [-0.1, -0.05) is 23.7 Å². The van der Waals surface area contributed by atoms with Gasteiger partial charge in [0, 0.05) is 71.1 Å². The Balaban J connectivity index is 0.851. The molecule has 4 saturated heterocycles. The number of carbonyl (C=O) groups excluding carboxylic acids is 3. The summed E-state index contributed by atoms with van der Waals surface area (Å²) in [5.74, 6) is 0.271. The maximum Gasteiger partial charge on any atom is 0.294 e. The van der Waals surface area contributed by atoms with Crippen molar-refractivity contribution >= 4 is 74.4 Å². The number of amides is 3. The summed E-state index contributed by atoms with van der Waals surface area (Å²) in [4.78, 5) is 70.4. The van der Waals surface area contributed by atoms with Gasteiger partial charge in [-0.3, -0.25) is 38.6 Å². The molecule has 4 aliphatic heterocycles. The molecule has 9 rings (SSSR count). The lowest BCUT2D eigenvalue weighted by Crippen LogP contribution is -2.65. The molecular weight excluding hydrogens is 792 g/mol. The van der Waals surface area contributed by atoms with Gasteiger partial charge in [0.05, 0.1) is 66.2 Å². The number of morpholine rings is 1. The van der Waals surface area contributed by atoms with Crippen LogP contribution in [-0.2, 0) is 33.2 Å². The van der Waals surface area contributed by atoms with Crippen molar-refractivity contribution in [1.82, 2.24) is 44.8 Å². The number of para-hydroxylation sites is 1. The van der Waals surface area contributed by atoms with Gasteiger partial charge in [0.15, 0.2) is 18.2 Å². The number of aromatic nitrogens is 6. The molecule has 8 heterocycles. The van der Waals surface area contributed by atoms with Gasteiger partial charge in [0.1, 0.15) is 10.7 Å². The predicted octanol–water partition coefficient (Wildman–Crippen LogP) is 2.46. The number of nitrogens with zero attached hydrogens (tertiary/aromatic N) is 9. The Morgan fingerprint density at radius 2 is 1.80 bits per heavy atom. The number of benzene rings is 1. The van der Waals surface area contributed by atoms with Crippen molar-refractivity contribution in [3.8, 4) is 5.75 Å². The molecule has 5 aromatic rings. The summed E-state index contributed by atoms with van der Waals surface area (Å²) in [7, 11) is 5.03. The fourth-order valence-electron chi connectivity index (χ4n) is 9.10. The number of carbonyl (C=O) groups is 3. The number of rotatable bonds is 10. The molecule has 60 heavy (non-hydrogen) atoms. The highest BCUT2D eigenvalue weighted by Crippen LogP contribution is 2.37. The average molecular weight is 839 g/mol. The molecule has 0 aliphatic carbocycles. The highest BCUT2D eigenvalue weighted by Gasteiger charge is 2.40. The maximum atomic E-state index is 12.8. The number of anilines is 4. The summed E-state index contributed by atoms with van der Waals surface area (Å²) in [5, 5.41) is 15.0. The molecule has 2 bridgehead atoms. The van der Waals surface area contributed by atoms with Crippen molar-refractivity contribution in [2.24, 2.45) is 20.0 Å². The minimum Gasteiger partial charge on any atom is -0.478 e. The van der Waals surface area contributed by atoms with Crippen molar-refractivity contribution < 1.29 is 23.9 Å². The number of fused-ring (bicyclic) bond motifs is 4. The number of hydrogen-bond acceptors (Lipinski definition) is 14. The maximum absolute atomic E-state index is 12.8. The molecule has 314 valence electrons. The van der Waals surface area contributed by atoms with E-state index in [0.29, 0.717) is 78.6 Å². The summed E-state index contributed by atoms with van der Waals surface area (Å²) in [6.45, 7) is 5.21. The lowest BCUT2D eigenvalue weighted by Gasteiger charge is -2.51. The number of pyridine rings is 2. The van der Waals surface area contributed by atoms with Crippen LogP contribution in [0.3, 0.4) is 0 Å². The van der Waals surface area contributed by atoms with Gasteiger partial charge in [-0.05, 0) is 43.4 Å². The van der Waals surface area contributed by atoms with Crippen LogP contribution in [0.25, 0.3) is 21.9 Å². The van der Waals surface area contributed by atoms with E-state index in [1.165, 1.54) is 11.6 Å². The van der Waals surface area contributed by atoms with Crippen LogP contribution < -0.4 is 36.0 Å². The zero-order valence-electron chi connectivity index (χ0n) is 33.7. The smallest absolute Gasteiger partial charge is 0.294 e. The van der Waals surface area contributed by atoms with Crippen LogP contribution in [0.2, 0.25) is 5.02 Å². The van der Waals surface area contributed by atoms with Gasteiger partial charge in [-0.25, -0.2) is 9.97 Å². The first-order chi connectivity index (χ1) is 29.0. The third kappa shape index (κ3) is 7.58. The number of ether oxygens (including phenoxy) is 2. The molecule has 3 atom stereocenters. The van der Waals surface area contributed by atoms with Crippen molar-refractivity contribution in [3.63, 3.8) is 0 Å². The normalized spacial score (nSPS) is 21.4. The van der Waals surface area contributed by atoms with Crippen molar-refractivity contribution in [1.29, 1.82) is 0 Å². The first-order valence-corrected chi connectivity index (χ1v) is 20.7. The largest absolute Gasteiger partial charge is 0.478 e. The van der Waals surface area contributed by atoms with Gasteiger partial charge in [-0.15, -0.1) is 0 Å². The summed E-state index contributed by atoms with van der Waals surface area (Å²) in [6, 6.07) is 9.96. The fourth-order valence-corrected chi connectivity index (χ4v) is 9.24. The summed E-state index contributed by atoms with van der Waals surface area (Å²) < 4.78 is 14.8. The van der Waals surface area contributed by atoms with E-state index in [1.807, 2.05) is 29.9 Å². The van der Waals surface area contributed by atoms with E-state index in [9.17, 15) is 19.2 Å². The second-order valence-corrected chi connectivity index (χ2v) is 16.4. The molecule has 0 saturated carbocycles. The van der Waals surface area contributed by atoms with Gasteiger partial charge >= 0.3 is 0 Å². The van der Waals surface area contributed by atoms with E-state index in [0.717, 1.165) is 54.8 Å². The van der Waals surface area contributed by atoms with Crippen LogP contribution in [0, 0.1) is 5.92 Å². The SMILES string of the molecule is CNC(=O)COc1cc2cc(Nc3nc(N4CC5COCC(C4)N5CC4CCN(c5cccc6c(C7CCC(=O)NC7=O)nn(C)c56)CC4)ncc3Cl)cnc2n(C)c1=O. The van der Waals surface area contributed by atoms with Crippen LogP contribution in [0.5, 0.6) is 5.75 Å². The molecule has 1 aromatic carbocycles. The first kappa shape index (κ1) is 39.6. The Bertz CT molecular complexity index is 2540. The first-order valence-electron chi connectivity index (χ1n) is 20.3. The number of piperidine rings is 2. The summed E-state index contributed by atoms with van der Waals surface area (Å²) >= 11 is 6.62. The van der Waals surface area contributed by atoms with E-state index >= 15 is 0 Å². The number of aryl methyl sites for hydroxylation is 2. The van der Waals surface area contributed by atoms with Crippen LogP contribution in [0.15, 0.2) is 47.5 Å². The van der Waals surface area contributed by atoms with E-state index in [4.69, 9.17) is 31.2 Å². The van der Waals surface area contributed by atoms with Crippen molar-refractivity contribution in [2.75, 3.05) is 74.7 Å². The fraction of sp³-hybridized carbons (Fsp3) is 0.463. The third-order valence-corrected chi connectivity index (χ3v) is 12.5. The minimum absolute atomic E-state index is 0.0381. The Labute approximate surface area is 350 Å². The topological polar surface area (TPSA) is 194 Å². The number of halogens is 1. The Morgan fingerprint density at radius 3 is 2.55 bits per heavy atom. The molecule has 0 spiro atoms. The molecule has 18 nitrogen and oxygen atoms in total. The van der Waals surface area contributed by atoms with Crippen molar-refractivity contribution in [2.45, 2.75) is 43.7 Å². The van der Waals surface area contributed by atoms with Crippen LogP contribution in [-0.4, -0.2) is 124 Å². The zero-order valence-corrected chi connectivity index (χ0v) is 34.4. The second kappa shape index (κ2) is 16.3. The lowest BCUT2D eigenvalue weighted by molar-refractivity contribution is -0.134. The lowest BCUT2D eigenvalue weighted by atomic mass is 9.91. The second-order valence-electron chi connectivity index (χ2n) is 16.0. The minimum atomic E-state index is -0.437. The molecule has 0 radical (unpaired) electrons. The van der Waals surface area contributed by atoms with Crippen LogP contribution in [0.4, 0.5) is 23.1 Å². The molecular formula is C41H47ClN12O6. The van der Waals surface area contributed by atoms with E-state index in [2.05, 4.69) is 46.7 Å². The van der Waals surface area contributed by atoms with Crippen LogP contribution >= 0.6 is 11.6 Å². The third-order valence-electron chi connectivity index (χ3n) is 12.2. The van der Waals surface area contributed by atoms with E-state index in [1.54, 1.807) is 25.5 Å². The van der Waals surface area contributed by atoms with E-state index in [-0.39, 0.29) is 42.2 Å². The highest BCUT2D eigenvalue weighted by atomic mass is 35.5. The molecule has 4 aliphatic rings. The zero-order chi connectivity index (χ0) is 41.7. The Kier molecular flexibility index (Phi) is 10.8. The Hall–Kier alpha value is -5.85. The quantitative estimate of drug-likeness (QED) is 0.174. The van der Waals surface area contributed by atoms with Gasteiger partial charge < -0.3 is 29.9 Å². The monoisotopic (exact) mass is 838 g/mol. The standard InChI is InChI=1S/C41H47ClN12O6/c1-43-34(56)22-60-32-14-24-13-25(15-44-38(24)50(2)40(32)58)46-37-30(42)16-45-41(48-37)53-18-26-20-59-21-27(19-53)54(26)17-23-9-11-52(12-10-23)31-6-4-5-28-35(49-51(3)36(28)31)29-7-8-33(55)47-39(29)57/h4-6,13-16,23,26-27,29H,7-12,17-22H2,1-3H3,(H,43,56)(H,45,46,48)(H,47,55,57). The van der Waals surface area contributed by atoms with Gasteiger partial charge in [0.25, 0.3) is 11.5 Å². The van der Waals surface area contributed by atoms with E-state index < -0.39 is 11.5 Å². The molecule has 19 heteroatoms. The number of imide groups is 1. The number of likely N-dealkylation sites (N-methyl/N-ethyl adjacent to an activating group) is 1. The number of piperazine rings is 1. The van der Waals surface area contributed by atoms with Gasteiger partial charge in [-0.2, -0.15) is 10.1 Å². The summed E-state index contributed by atoms with van der Waals surface area (Å²) in [6.07, 6.45) is 6.09. The molecule has 3 N–H and O–H groups in total. The Morgan fingerprint density at radius 1 is 1.02 bits per heavy atom. The molecule has 3 unspecified atom stereocenters. The number of hydrogen-bond donors (Lipinski definition) is 3. The molecule has 4 aromatic heterocycles. The molecule has 4 fully saturated rings. The average Bonchev–Trinajstić information content (AvgIpc) is 3.58.